The highest BCUT2D eigenvalue weighted by Gasteiger charge is 2.52. The number of fused-ring (bicyclic) bond motifs is 1. The average molecular weight is 489 g/mol. The summed E-state index contributed by atoms with van der Waals surface area (Å²) in [6.45, 7) is 4.57. The van der Waals surface area contributed by atoms with Gasteiger partial charge in [-0.15, -0.1) is 0 Å². The highest BCUT2D eigenvalue weighted by atomic mass is 16.5. The van der Waals surface area contributed by atoms with E-state index in [1.165, 1.54) is 10.5 Å². The van der Waals surface area contributed by atoms with Crippen molar-refractivity contribution >= 4 is 49.2 Å². The van der Waals surface area contributed by atoms with Crippen molar-refractivity contribution in [2.45, 2.75) is 36.8 Å². The molecule has 37 heavy (non-hydrogen) atoms. The zero-order chi connectivity index (χ0) is 26.3. The van der Waals surface area contributed by atoms with Crippen LogP contribution in [0, 0.1) is 0 Å². The third-order valence-corrected chi connectivity index (χ3v) is 7.19. The first kappa shape index (κ1) is 25.7. The number of nitrogens with zero attached hydrogens (tertiary/aromatic N) is 3. The summed E-state index contributed by atoms with van der Waals surface area (Å²) in [5.74, 6) is -3.13. The molecule has 2 fully saturated rings. The quantitative estimate of drug-likeness (QED) is 0.430. The van der Waals surface area contributed by atoms with Crippen LogP contribution in [0.15, 0.2) is 42.5 Å². The number of imide groups is 1. The number of amides is 3. The number of carbonyl (C=O) groups excluding carboxylic acids is 3. The van der Waals surface area contributed by atoms with Gasteiger partial charge in [-0.2, -0.15) is 0 Å². The van der Waals surface area contributed by atoms with Crippen LogP contribution in [0.3, 0.4) is 0 Å². The highest BCUT2D eigenvalue weighted by molar-refractivity contribution is 6.57. The Kier molecular flexibility index (Phi) is 6.98. The molecule has 0 bridgehead atoms. The first-order chi connectivity index (χ1) is 17.7. The fourth-order valence-electron chi connectivity index (χ4n) is 4.94. The lowest BCUT2D eigenvalue weighted by Crippen LogP contribution is -2.62. The van der Waals surface area contributed by atoms with Crippen molar-refractivity contribution in [1.82, 2.24) is 14.6 Å². The zero-order valence-electron chi connectivity index (χ0n) is 20.3. The van der Waals surface area contributed by atoms with Crippen molar-refractivity contribution in [3.05, 3.63) is 64.7 Å². The Morgan fingerprint density at radius 3 is 2.38 bits per heavy atom. The largest absolute Gasteiger partial charge is 0.489 e. The van der Waals surface area contributed by atoms with E-state index in [0.717, 1.165) is 38.4 Å². The fraction of sp³-hybridized carbons (Fsp3) is 0.400. The molecule has 8 radical (unpaired) electrons. The van der Waals surface area contributed by atoms with Crippen molar-refractivity contribution in [3.8, 4) is 5.75 Å². The lowest BCUT2D eigenvalue weighted by molar-refractivity contribution is -0.146. The predicted molar refractivity (Wildman–Crippen MR) is 138 cm³/mol. The van der Waals surface area contributed by atoms with E-state index in [4.69, 9.17) is 41.0 Å². The lowest BCUT2D eigenvalue weighted by atomic mass is 9.40. The Hall–Kier alpha value is -2.97. The van der Waals surface area contributed by atoms with Gasteiger partial charge in [0.2, 0.25) is 19.8 Å². The molecule has 0 saturated carbocycles. The van der Waals surface area contributed by atoms with Gasteiger partial charge in [-0.05, 0) is 34.3 Å². The molecule has 0 N–H and O–H groups in total. The van der Waals surface area contributed by atoms with E-state index in [2.05, 4.69) is 17.0 Å². The van der Waals surface area contributed by atoms with Crippen molar-refractivity contribution in [2.24, 2.45) is 0 Å². The van der Waals surface area contributed by atoms with E-state index in [1.807, 2.05) is 12.1 Å². The summed E-state index contributed by atoms with van der Waals surface area (Å²) in [5.41, 5.74) is 3.17. The van der Waals surface area contributed by atoms with Gasteiger partial charge in [-0.3, -0.25) is 19.3 Å². The van der Waals surface area contributed by atoms with Gasteiger partial charge < -0.3 is 19.2 Å². The van der Waals surface area contributed by atoms with Crippen LogP contribution in [-0.4, -0.2) is 96.2 Å². The third-order valence-electron chi connectivity index (χ3n) is 7.19. The van der Waals surface area contributed by atoms with E-state index in [9.17, 15) is 14.4 Å². The molecule has 2 atom stereocenters. The maximum absolute atomic E-state index is 13.2. The third kappa shape index (κ3) is 4.73. The number of benzene rings is 2. The smallest absolute Gasteiger partial charge is 0.255 e. The molecule has 2 saturated heterocycles. The van der Waals surface area contributed by atoms with Gasteiger partial charge in [0.15, 0.2) is 0 Å². The van der Waals surface area contributed by atoms with Gasteiger partial charge in [-0.25, -0.2) is 0 Å². The van der Waals surface area contributed by atoms with Gasteiger partial charge in [0, 0.05) is 30.8 Å². The van der Waals surface area contributed by atoms with Crippen molar-refractivity contribution in [1.29, 1.82) is 0 Å². The molecule has 0 aliphatic carbocycles. The Morgan fingerprint density at radius 1 is 1.00 bits per heavy atom. The molecule has 2 aromatic rings. The molecule has 180 valence electrons. The molecular weight excluding hydrogens is 466 g/mol. The summed E-state index contributed by atoms with van der Waals surface area (Å²) in [6, 6.07) is 12.0. The van der Waals surface area contributed by atoms with E-state index in [1.54, 1.807) is 18.2 Å². The number of ether oxygens (including phenoxy) is 2. The second kappa shape index (κ2) is 10.1. The van der Waals surface area contributed by atoms with Gasteiger partial charge >= 0.3 is 0 Å². The zero-order valence-corrected chi connectivity index (χ0v) is 20.3. The first-order valence-corrected chi connectivity index (χ1v) is 12.1. The minimum absolute atomic E-state index is 0.0328. The predicted octanol–water partition coefficient (Wildman–Crippen LogP) is 0.285. The normalized spacial score (nSPS) is 23.8. The average Bonchev–Trinajstić information content (AvgIpc) is 3.23. The topological polar surface area (TPSA) is 79.4 Å². The Labute approximate surface area is 221 Å². The molecule has 8 nitrogen and oxygen atoms in total. The van der Waals surface area contributed by atoms with Crippen LogP contribution >= 0.6 is 0 Å². The number of rotatable bonds is 6. The molecular formula is C25H23B4N3O5. The Morgan fingerprint density at radius 2 is 1.68 bits per heavy atom. The molecule has 12 heteroatoms. The molecule has 3 amide bonds. The maximum atomic E-state index is 13.2. The Bertz CT molecular complexity index is 1220. The fourth-order valence-corrected chi connectivity index (χ4v) is 4.94. The number of carbonyl (C=O) groups is 3. The SMILES string of the molecule is [B]C1C(N2Cc3c(OCc4ccc(CN5CCOCC5)cc4)cccc3C2=O)C(=O)N([B])C(=O)C1([B])[B]. The minimum atomic E-state index is -2.10. The Balaban J connectivity index is 1.28. The summed E-state index contributed by atoms with van der Waals surface area (Å²) in [6.07, 6.45) is 0. The van der Waals surface area contributed by atoms with Crippen LogP contribution in [0.25, 0.3) is 0 Å². The van der Waals surface area contributed by atoms with E-state index in [-0.39, 0.29) is 6.54 Å². The van der Waals surface area contributed by atoms with Crippen molar-refractivity contribution in [2.75, 3.05) is 26.3 Å². The van der Waals surface area contributed by atoms with Crippen molar-refractivity contribution in [3.63, 3.8) is 0 Å². The number of piperidine rings is 1. The molecule has 5 rings (SSSR count). The standard InChI is InChI=1S/C25H23B4N3O5/c26-21-20(23(34)32(29)24(35)25(21,27)28)31-13-18-17(22(31)33)2-1-3-19(18)37-14-16-6-4-15(5-7-16)12-30-8-10-36-11-9-30/h1-7,20-21H,8-14H2. The summed E-state index contributed by atoms with van der Waals surface area (Å²) in [7, 11) is 23.5. The van der Waals surface area contributed by atoms with Gasteiger partial charge in [0.1, 0.15) is 18.4 Å². The molecule has 2 aromatic carbocycles. The molecule has 3 aliphatic rings. The summed E-state index contributed by atoms with van der Waals surface area (Å²) in [4.78, 5) is 42.2. The molecule has 3 heterocycles. The van der Waals surface area contributed by atoms with Crippen LogP contribution in [0.5, 0.6) is 5.75 Å². The molecule has 0 spiro atoms. The molecule has 2 unspecified atom stereocenters. The van der Waals surface area contributed by atoms with E-state index >= 15 is 0 Å². The van der Waals surface area contributed by atoms with Crippen LogP contribution in [0.2, 0.25) is 11.0 Å². The number of morpholine rings is 1. The maximum Gasteiger partial charge on any atom is 0.255 e. The van der Waals surface area contributed by atoms with Crippen LogP contribution < -0.4 is 4.74 Å². The van der Waals surface area contributed by atoms with Crippen LogP contribution in [0.1, 0.15) is 27.0 Å². The highest BCUT2D eigenvalue weighted by Crippen LogP contribution is 2.44. The van der Waals surface area contributed by atoms with Gasteiger partial charge in [0.25, 0.3) is 5.91 Å². The summed E-state index contributed by atoms with van der Waals surface area (Å²) >= 11 is 0. The second-order valence-electron chi connectivity index (χ2n) is 9.63. The summed E-state index contributed by atoms with van der Waals surface area (Å²) < 4.78 is 11.5. The van der Waals surface area contributed by atoms with E-state index in [0.29, 0.717) is 28.3 Å². The molecule has 3 aliphatic heterocycles. The minimum Gasteiger partial charge on any atom is -0.489 e. The first-order valence-electron chi connectivity index (χ1n) is 12.1. The molecule has 0 aromatic heterocycles. The van der Waals surface area contributed by atoms with Gasteiger partial charge in [-0.1, -0.05) is 30.3 Å². The van der Waals surface area contributed by atoms with Gasteiger partial charge in [0.05, 0.1) is 43.3 Å². The van der Waals surface area contributed by atoms with Crippen LogP contribution in [-0.2, 0) is 34.0 Å². The second-order valence-corrected chi connectivity index (χ2v) is 9.63. The number of hydrogen-bond donors (Lipinski definition) is 0. The van der Waals surface area contributed by atoms with Crippen LogP contribution in [0.4, 0.5) is 0 Å². The lowest BCUT2D eigenvalue weighted by Gasteiger charge is -2.48. The summed E-state index contributed by atoms with van der Waals surface area (Å²) in [5, 5.41) is -2.10. The van der Waals surface area contributed by atoms with Crippen molar-refractivity contribution < 1.29 is 23.9 Å². The monoisotopic (exact) mass is 489 g/mol. The number of hydrogen-bond acceptors (Lipinski definition) is 6. The van der Waals surface area contributed by atoms with E-state index < -0.39 is 34.8 Å².